The highest BCUT2D eigenvalue weighted by molar-refractivity contribution is 6.61. The smallest absolute Gasteiger partial charge is 0.423 e. The lowest BCUT2D eigenvalue weighted by Gasteiger charge is -2.38. The predicted octanol–water partition coefficient (Wildman–Crippen LogP) is 2.92. The van der Waals surface area contributed by atoms with Gasteiger partial charge in [-0.3, -0.25) is 0 Å². The Labute approximate surface area is 133 Å². The molecule has 0 saturated heterocycles. The Morgan fingerprint density at radius 3 is 2.05 bits per heavy atom. The second kappa shape index (κ2) is 6.04. The maximum atomic E-state index is 12.8. The van der Waals surface area contributed by atoms with Gasteiger partial charge in [0.2, 0.25) is 0 Å². The molecular weight excluding hydrogens is 319 g/mol. The van der Waals surface area contributed by atoms with E-state index in [4.69, 9.17) is 16.3 Å². The average Bonchev–Trinajstić information content (AvgIpc) is 2.27. The second-order valence-electron chi connectivity index (χ2n) is 6.23. The molecule has 8 heteroatoms. The monoisotopic (exact) mass is 338 g/mol. The maximum absolute atomic E-state index is 12.8. The van der Waals surface area contributed by atoms with Crippen LogP contribution in [-0.2, 0) is 10.8 Å². The number of halogens is 4. The summed E-state index contributed by atoms with van der Waals surface area (Å²) in [4.78, 5) is 0. The first kappa shape index (κ1) is 19.3. The second-order valence-corrected chi connectivity index (χ2v) is 6.63. The van der Waals surface area contributed by atoms with Crippen LogP contribution in [0.5, 0.6) is 0 Å². The molecule has 0 amide bonds. The highest BCUT2D eigenvalue weighted by atomic mass is 35.5. The van der Waals surface area contributed by atoms with Gasteiger partial charge < -0.3 is 14.8 Å². The molecule has 0 atom stereocenters. The van der Waals surface area contributed by atoms with Crippen molar-refractivity contribution in [2.24, 2.45) is 0 Å². The fraction of sp³-hybridized carbons (Fsp3) is 0.571. The van der Waals surface area contributed by atoms with Crippen LogP contribution in [0, 0.1) is 6.92 Å². The molecule has 0 bridgehead atoms. The third-order valence-electron chi connectivity index (χ3n) is 3.81. The van der Waals surface area contributed by atoms with Crippen molar-refractivity contribution < 1.29 is 28.0 Å². The van der Waals surface area contributed by atoms with Crippen molar-refractivity contribution in [1.29, 1.82) is 0 Å². The largest absolute Gasteiger partial charge is 0.491 e. The lowest BCUT2D eigenvalue weighted by Crippen LogP contribution is -2.53. The standard InChI is InChI=1S/C14H19BClF3O3/c1-8-6-9(14(17,18)19)11(16)7-10(8)15(21)22-13(4,5)12(2,3)20/h6-7,20-21H,1-5H3. The van der Waals surface area contributed by atoms with E-state index in [0.717, 1.165) is 12.1 Å². The van der Waals surface area contributed by atoms with E-state index < -0.39 is 35.1 Å². The van der Waals surface area contributed by atoms with Gasteiger partial charge in [-0.15, -0.1) is 0 Å². The lowest BCUT2D eigenvalue weighted by atomic mass is 9.74. The van der Waals surface area contributed by atoms with E-state index in [0.29, 0.717) is 0 Å². The van der Waals surface area contributed by atoms with Crippen molar-refractivity contribution in [3.8, 4) is 0 Å². The summed E-state index contributed by atoms with van der Waals surface area (Å²) in [6.45, 7) is 7.57. The Kier molecular flexibility index (Phi) is 5.29. The van der Waals surface area contributed by atoms with Gasteiger partial charge in [-0.25, -0.2) is 0 Å². The summed E-state index contributed by atoms with van der Waals surface area (Å²) in [7, 11) is -1.51. The van der Waals surface area contributed by atoms with Crippen LogP contribution in [0.15, 0.2) is 12.1 Å². The Hall–Kier alpha value is -0.755. The molecule has 0 aromatic heterocycles. The average molecular weight is 339 g/mol. The number of benzene rings is 1. The fourth-order valence-electron chi connectivity index (χ4n) is 1.67. The van der Waals surface area contributed by atoms with E-state index in [1.807, 2.05) is 0 Å². The molecule has 0 aliphatic heterocycles. The van der Waals surface area contributed by atoms with Crippen molar-refractivity contribution in [2.75, 3.05) is 0 Å². The molecule has 2 N–H and O–H groups in total. The highest BCUT2D eigenvalue weighted by Crippen LogP contribution is 2.35. The number of rotatable bonds is 4. The molecule has 0 radical (unpaired) electrons. The van der Waals surface area contributed by atoms with Gasteiger partial charge in [0, 0.05) is 0 Å². The van der Waals surface area contributed by atoms with E-state index in [-0.39, 0.29) is 11.0 Å². The summed E-state index contributed by atoms with van der Waals surface area (Å²) >= 11 is 5.66. The van der Waals surface area contributed by atoms with Gasteiger partial charge in [0.1, 0.15) is 0 Å². The van der Waals surface area contributed by atoms with Gasteiger partial charge in [-0.2, -0.15) is 13.2 Å². The van der Waals surface area contributed by atoms with E-state index in [1.54, 1.807) is 13.8 Å². The fourth-order valence-corrected chi connectivity index (χ4v) is 1.95. The summed E-state index contributed by atoms with van der Waals surface area (Å²) in [6.07, 6.45) is -4.57. The minimum absolute atomic E-state index is 0.121. The van der Waals surface area contributed by atoms with Gasteiger partial charge in [0.25, 0.3) is 0 Å². The molecule has 1 aromatic carbocycles. The Morgan fingerprint density at radius 2 is 1.64 bits per heavy atom. The zero-order chi connectivity index (χ0) is 17.5. The molecule has 0 saturated carbocycles. The molecule has 1 aromatic rings. The van der Waals surface area contributed by atoms with Crippen LogP contribution in [-0.4, -0.2) is 28.5 Å². The Morgan fingerprint density at radius 1 is 1.14 bits per heavy atom. The summed E-state index contributed by atoms with van der Waals surface area (Å²) in [6, 6.07) is 1.90. The van der Waals surface area contributed by atoms with Crippen LogP contribution < -0.4 is 5.46 Å². The molecule has 22 heavy (non-hydrogen) atoms. The van der Waals surface area contributed by atoms with Crippen molar-refractivity contribution in [3.63, 3.8) is 0 Å². The van der Waals surface area contributed by atoms with Crippen molar-refractivity contribution in [3.05, 3.63) is 28.3 Å². The molecule has 0 aliphatic rings. The van der Waals surface area contributed by atoms with E-state index >= 15 is 0 Å². The third kappa shape index (κ3) is 4.16. The SMILES string of the molecule is Cc1cc(C(F)(F)F)c(Cl)cc1B(O)OC(C)(C)C(C)(C)O. The van der Waals surface area contributed by atoms with Gasteiger partial charge in [-0.05, 0) is 52.2 Å². The molecular formula is C14H19BClF3O3. The normalized spacial score (nSPS) is 13.4. The minimum atomic E-state index is -4.57. The molecule has 0 spiro atoms. The summed E-state index contributed by atoms with van der Waals surface area (Å²) in [5.74, 6) is 0. The number of hydrogen-bond acceptors (Lipinski definition) is 3. The lowest BCUT2D eigenvalue weighted by molar-refractivity contribution is -0.137. The maximum Gasteiger partial charge on any atom is 0.491 e. The summed E-state index contributed by atoms with van der Waals surface area (Å²) in [5, 5.41) is 19.6. The van der Waals surface area contributed by atoms with E-state index in [2.05, 4.69) is 0 Å². The van der Waals surface area contributed by atoms with Crippen LogP contribution in [0.1, 0.15) is 38.8 Å². The van der Waals surface area contributed by atoms with Crippen LogP contribution in [0.3, 0.4) is 0 Å². The zero-order valence-electron chi connectivity index (χ0n) is 13.0. The van der Waals surface area contributed by atoms with Crippen LogP contribution in [0.25, 0.3) is 0 Å². The topological polar surface area (TPSA) is 49.7 Å². The van der Waals surface area contributed by atoms with Crippen LogP contribution in [0.2, 0.25) is 5.02 Å². The first-order valence-corrected chi connectivity index (χ1v) is 7.00. The molecule has 0 fully saturated rings. The van der Waals surface area contributed by atoms with Crippen molar-refractivity contribution >= 4 is 24.2 Å². The predicted molar refractivity (Wildman–Crippen MR) is 80.3 cm³/mol. The molecule has 0 unspecified atom stereocenters. The Balaban J connectivity index is 3.16. The minimum Gasteiger partial charge on any atom is -0.423 e. The quantitative estimate of drug-likeness (QED) is 0.830. The zero-order valence-corrected chi connectivity index (χ0v) is 13.8. The number of hydrogen-bond donors (Lipinski definition) is 2. The molecule has 0 aliphatic carbocycles. The van der Waals surface area contributed by atoms with Gasteiger partial charge in [0.15, 0.2) is 0 Å². The highest BCUT2D eigenvalue weighted by Gasteiger charge is 2.41. The molecule has 1 rings (SSSR count). The number of alkyl halides is 3. The van der Waals surface area contributed by atoms with Gasteiger partial charge in [-0.1, -0.05) is 17.2 Å². The first-order valence-electron chi connectivity index (χ1n) is 6.62. The van der Waals surface area contributed by atoms with E-state index in [1.165, 1.54) is 20.8 Å². The molecule has 0 heterocycles. The number of aryl methyl sites for hydroxylation is 1. The number of aliphatic hydroxyl groups is 1. The van der Waals surface area contributed by atoms with Crippen molar-refractivity contribution in [1.82, 2.24) is 0 Å². The van der Waals surface area contributed by atoms with Gasteiger partial charge in [0.05, 0.1) is 21.8 Å². The third-order valence-corrected chi connectivity index (χ3v) is 4.12. The molecule has 124 valence electrons. The molecule has 3 nitrogen and oxygen atoms in total. The van der Waals surface area contributed by atoms with Crippen LogP contribution in [0.4, 0.5) is 13.2 Å². The van der Waals surface area contributed by atoms with Gasteiger partial charge >= 0.3 is 13.3 Å². The van der Waals surface area contributed by atoms with E-state index in [9.17, 15) is 23.3 Å². The summed E-state index contributed by atoms with van der Waals surface area (Å²) in [5.41, 5.74) is -3.05. The van der Waals surface area contributed by atoms with Crippen molar-refractivity contribution in [2.45, 2.75) is 52.0 Å². The Bertz CT molecular complexity index is 553. The first-order chi connectivity index (χ1) is 9.67. The van der Waals surface area contributed by atoms with Crippen LogP contribution >= 0.6 is 11.6 Å². The summed E-state index contributed by atoms with van der Waals surface area (Å²) < 4.78 is 43.7.